The predicted molar refractivity (Wildman–Crippen MR) is 84.5 cm³/mol. The van der Waals surface area contributed by atoms with Crippen LogP contribution in [0.3, 0.4) is 0 Å². The second kappa shape index (κ2) is 6.51. The largest absolute Gasteiger partial charge is 0.416 e. The molecule has 0 aliphatic carbocycles. The van der Waals surface area contributed by atoms with E-state index >= 15 is 0 Å². The lowest BCUT2D eigenvalue weighted by atomic mass is 9.98. The van der Waals surface area contributed by atoms with E-state index in [4.69, 9.17) is 0 Å². The van der Waals surface area contributed by atoms with Crippen molar-refractivity contribution in [2.24, 2.45) is 0 Å². The van der Waals surface area contributed by atoms with Crippen LogP contribution in [0, 0.1) is 5.82 Å². The van der Waals surface area contributed by atoms with Gasteiger partial charge in [-0.15, -0.1) is 11.3 Å². The number of hydrogen-bond acceptors (Lipinski definition) is 3. The normalized spacial score (nSPS) is 12.3. The van der Waals surface area contributed by atoms with Crippen molar-refractivity contribution in [1.29, 1.82) is 0 Å². The highest BCUT2D eigenvalue weighted by molar-refractivity contribution is 7.09. The van der Waals surface area contributed by atoms with Gasteiger partial charge in [-0.25, -0.2) is 9.37 Å². The standard InChI is InChI=1S/C16H16F4N2OS/c1-15(2,3)14-21-10(8-24-14)7-13(23)22-12-6-9(16(18,19)20)4-5-11(12)17/h4-6,8H,7H2,1-3H3,(H,22,23). The Bertz CT molecular complexity index is 747. The molecule has 0 spiro atoms. The Morgan fingerprint density at radius 2 is 1.92 bits per heavy atom. The van der Waals surface area contributed by atoms with Gasteiger partial charge in [0.1, 0.15) is 5.82 Å². The maximum atomic E-state index is 13.6. The number of amides is 1. The lowest BCUT2D eigenvalue weighted by molar-refractivity contribution is -0.137. The molecule has 0 bridgehead atoms. The lowest BCUT2D eigenvalue weighted by Crippen LogP contribution is -2.17. The van der Waals surface area contributed by atoms with Crippen molar-refractivity contribution in [2.75, 3.05) is 5.32 Å². The van der Waals surface area contributed by atoms with Crippen molar-refractivity contribution in [3.63, 3.8) is 0 Å². The molecule has 8 heteroatoms. The van der Waals surface area contributed by atoms with E-state index in [1.165, 1.54) is 11.3 Å². The third kappa shape index (κ3) is 4.53. The molecule has 3 nitrogen and oxygen atoms in total. The molecule has 24 heavy (non-hydrogen) atoms. The first-order valence-corrected chi connectivity index (χ1v) is 7.96. The van der Waals surface area contributed by atoms with E-state index in [9.17, 15) is 22.4 Å². The van der Waals surface area contributed by atoms with Gasteiger partial charge in [0.05, 0.1) is 28.4 Å². The fourth-order valence-corrected chi connectivity index (χ4v) is 2.80. The molecule has 0 saturated carbocycles. The van der Waals surface area contributed by atoms with E-state index in [0.29, 0.717) is 23.9 Å². The molecule has 1 N–H and O–H groups in total. The Hall–Kier alpha value is -1.96. The van der Waals surface area contributed by atoms with Crippen LogP contribution in [-0.2, 0) is 22.8 Å². The van der Waals surface area contributed by atoms with Crippen molar-refractivity contribution in [1.82, 2.24) is 4.98 Å². The van der Waals surface area contributed by atoms with Crippen LogP contribution in [0.2, 0.25) is 0 Å². The lowest BCUT2D eigenvalue weighted by Gasteiger charge is -2.13. The van der Waals surface area contributed by atoms with Gasteiger partial charge in [-0.1, -0.05) is 20.8 Å². The number of anilines is 1. The molecular weight excluding hydrogens is 344 g/mol. The van der Waals surface area contributed by atoms with Crippen LogP contribution in [0.5, 0.6) is 0 Å². The van der Waals surface area contributed by atoms with Crippen molar-refractivity contribution in [2.45, 2.75) is 38.8 Å². The number of carbonyl (C=O) groups is 1. The summed E-state index contributed by atoms with van der Waals surface area (Å²) in [6.07, 6.45) is -4.74. The van der Waals surface area contributed by atoms with Crippen LogP contribution in [0.4, 0.5) is 23.2 Å². The summed E-state index contributed by atoms with van der Waals surface area (Å²) in [7, 11) is 0. The number of nitrogens with one attached hydrogen (secondary N) is 1. The SMILES string of the molecule is CC(C)(C)c1nc(CC(=O)Nc2cc(C(F)(F)F)ccc2F)cs1. The molecule has 0 saturated heterocycles. The van der Waals surface area contributed by atoms with Crippen LogP contribution >= 0.6 is 11.3 Å². The van der Waals surface area contributed by atoms with Crippen LogP contribution < -0.4 is 5.32 Å². The van der Waals surface area contributed by atoms with Crippen molar-refractivity contribution in [3.8, 4) is 0 Å². The Morgan fingerprint density at radius 1 is 1.25 bits per heavy atom. The zero-order valence-corrected chi connectivity index (χ0v) is 14.1. The smallest absolute Gasteiger partial charge is 0.323 e. The third-order valence-electron chi connectivity index (χ3n) is 3.10. The Balaban J connectivity index is 2.11. The van der Waals surface area contributed by atoms with Gasteiger partial charge >= 0.3 is 6.18 Å². The van der Waals surface area contributed by atoms with Gasteiger partial charge in [-0.2, -0.15) is 13.2 Å². The van der Waals surface area contributed by atoms with Gasteiger partial charge in [0.25, 0.3) is 0 Å². The highest BCUT2D eigenvalue weighted by Gasteiger charge is 2.31. The molecule has 2 rings (SSSR count). The second-order valence-electron chi connectivity index (χ2n) is 6.31. The summed E-state index contributed by atoms with van der Waals surface area (Å²) in [6, 6.07) is 1.88. The summed E-state index contributed by atoms with van der Waals surface area (Å²) in [5.41, 5.74) is -1.19. The van der Waals surface area contributed by atoms with E-state index < -0.39 is 29.2 Å². The minimum atomic E-state index is -4.61. The molecular formula is C16H16F4N2OS. The van der Waals surface area contributed by atoms with Crippen LogP contribution in [0.25, 0.3) is 0 Å². The molecule has 0 unspecified atom stereocenters. The van der Waals surface area contributed by atoms with Crippen molar-refractivity contribution < 1.29 is 22.4 Å². The number of alkyl halides is 3. The fraction of sp³-hybridized carbons (Fsp3) is 0.375. The topological polar surface area (TPSA) is 42.0 Å². The third-order valence-corrected chi connectivity index (χ3v) is 4.42. The van der Waals surface area contributed by atoms with E-state index in [1.54, 1.807) is 5.38 Å². The van der Waals surface area contributed by atoms with E-state index in [1.807, 2.05) is 20.8 Å². The molecule has 0 radical (unpaired) electrons. The van der Waals surface area contributed by atoms with Gasteiger partial charge in [0.15, 0.2) is 0 Å². The zero-order valence-electron chi connectivity index (χ0n) is 13.3. The first kappa shape index (κ1) is 18.4. The number of hydrogen-bond donors (Lipinski definition) is 1. The second-order valence-corrected chi connectivity index (χ2v) is 7.17. The highest BCUT2D eigenvalue weighted by Crippen LogP contribution is 2.32. The summed E-state index contributed by atoms with van der Waals surface area (Å²) in [6.45, 7) is 5.94. The van der Waals surface area contributed by atoms with E-state index in [0.717, 1.165) is 5.01 Å². The zero-order chi connectivity index (χ0) is 18.1. The Kier molecular flexibility index (Phi) is 4.98. The minimum Gasteiger partial charge on any atom is -0.323 e. The van der Waals surface area contributed by atoms with E-state index in [2.05, 4.69) is 10.3 Å². The first-order chi connectivity index (χ1) is 11.0. The van der Waals surface area contributed by atoms with E-state index in [-0.39, 0.29) is 11.8 Å². The molecule has 1 heterocycles. The van der Waals surface area contributed by atoms with Crippen LogP contribution in [0.15, 0.2) is 23.6 Å². The molecule has 1 amide bonds. The number of benzene rings is 1. The molecule has 0 atom stereocenters. The molecule has 2 aromatic rings. The highest BCUT2D eigenvalue weighted by atomic mass is 32.1. The first-order valence-electron chi connectivity index (χ1n) is 7.08. The molecule has 1 aromatic carbocycles. The molecule has 0 aliphatic heterocycles. The van der Waals surface area contributed by atoms with Gasteiger partial charge in [0, 0.05) is 10.8 Å². The number of halogens is 4. The van der Waals surface area contributed by atoms with Crippen LogP contribution in [0.1, 0.15) is 37.0 Å². The Labute approximate surface area is 140 Å². The number of aromatic nitrogens is 1. The average Bonchev–Trinajstić information content (AvgIpc) is 2.88. The number of thiazole rings is 1. The average molecular weight is 360 g/mol. The maximum absolute atomic E-state index is 13.6. The molecule has 1 aromatic heterocycles. The molecule has 0 fully saturated rings. The number of rotatable bonds is 3. The summed E-state index contributed by atoms with van der Waals surface area (Å²) in [4.78, 5) is 16.3. The fourth-order valence-electron chi connectivity index (χ4n) is 1.89. The summed E-state index contributed by atoms with van der Waals surface area (Å²) in [5, 5.41) is 4.72. The van der Waals surface area contributed by atoms with Gasteiger partial charge in [0.2, 0.25) is 5.91 Å². The minimum absolute atomic E-state index is 0.137. The van der Waals surface area contributed by atoms with Crippen molar-refractivity contribution >= 4 is 22.9 Å². The monoisotopic (exact) mass is 360 g/mol. The summed E-state index contributed by atoms with van der Waals surface area (Å²) in [5.74, 6) is -1.55. The number of carbonyl (C=O) groups excluding carboxylic acids is 1. The number of nitrogens with zero attached hydrogens (tertiary/aromatic N) is 1. The van der Waals surface area contributed by atoms with Gasteiger partial charge < -0.3 is 5.32 Å². The van der Waals surface area contributed by atoms with Crippen molar-refractivity contribution in [3.05, 3.63) is 45.7 Å². The summed E-state index contributed by atoms with van der Waals surface area (Å²) >= 11 is 1.40. The van der Waals surface area contributed by atoms with Gasteiger partial charge in [-0.05, 0) is 18.2 Å². The quantitative estimate of drug-likeness (QED) is 0.801. The maximum Gasteiger partial charge on any atom is 0.416 e. The van der Waals surface area contributed by atoms with Gasteiger partial charge in [-0.3, -0.25) is 4.79 Å². The Morgan fingerprint density at radius 3 is 2.46 bits per heavy atom. The molecule has 130 valence electrons. The molecule has 0 aliphatic rings. The summed E-state index contributed by atoms with van der Waals surface area (Å²) < 4.78 is 51.6. The van der Waals surface area contributed by atoms with Crippen LogP contribution in [-0.4, -0.2) is 10.9 Å². The predicted octanol–water partition coefficient (Wildman–Crippen LogP) is 4.78.